The molecule has 0 unspecified atom stereocenters. The van der Waals surface area contributed by atoms with Crippen LogP contribution in [0.1, 0.15) is 47.2 Å². The SMILES string of the molecule is Cc1cc(-n2nc3cc(C(F)(F)F)c(C(F)(F)F)cc3n2)c(C(C)(C)c2ccccc2)cc1C. The Balaban J connectivity index is 1.97. The van der Waals surface area contributed by atoms with E-state index in [1.54, 1.807) is 6.07 Å². The number of alkyl halides is 6. The molecule has 0 saturated carbocycles. The maximum atomic E-state index is 13.4. The van der Waals surface area contributed by atoms with Crippen LogP contribution in [0.5, 0.6) is 0 Å². The zero-order valence-electron chi connectivity index (χ0n) is 18.8. The Morgan fingerprint density at radius 1 is 0.647 bits per heavy atom. The number of aryl methyl sites for hydroxylation is 2. The fourth-order valence-electron chi connectivity index (χ4n) is 4.02. The summed E-state index contributed by atoms with van der Waals surface area (Å²) in [6.45, 7) is 7.78. The minimum absolute atomic E-state index is 0.276. The molecule has 1 aromatic heterocycles. The molecular weight excluding hydrogens is 456 g/mol. The molecular formula is C25H21F6N3. The Bertz CT molecular complexity index is 1310. The van der Waals surface area contributed by atoms with Crippen LogP contribution in [-0.2, 0) is 17.8 Å². The van der Waals surface area contributed by atoms with Crippen molar-refractivity contribution in [1.82, 2.24) is 15.0 Å². The van der Waals surface area contributed by atoms with E-state index in [-0.39, 0.29) is 11.0 Å². The van der Waals surface area contributed by atoms with Crippen LogP contribution in [0.4, 0.5) is 26.3 Å². The van der Waals surface area contributed by atoms with Crippen LogP contribution < -0.4 is 0 Å². The molecule has 0 atom stereocenters. The van der Waals surface area contributed by atoms with Crippen LogP contribution in [0, 0.1) is 13.8 Å². The summed E-state index contributed by atoms with van der Waals surface area (Å²) in [4.78, 5) is 1.12. The molecule has 3 nitrogen and oxygen atoms in total. The van der Waals surface area contributed by atoms with Crippen molar-refractivity contribution in [3.8, 4) is 5.69 Å². The van der Waals surface area contributed by atoms with Gasteiger partial charge in [-0.15, -0.1) is 10.2 Å². The van der Waals surface area contributed by atoms with Crippen LogP contribution in [-0.4, -0.2) is 15.0 Å². The van der Waals surface area contributed by atoms with E-state index >= 15 is 0 Å². The van der Waals surface area contributed by atoms with Gasteiger partial charge in [0.1, 0.15) is 11.0 Å². The van der Waals surface area contributed by atoms with E-state index in [9.17, 15) is 26.3 Å². The van der Waals surface area contributed by atoms with Gasteiger partial charge in [0, 0.05) is 5.41 Å². The third kappa shape index (κ3) is 4.15. The van der Waals surface area contributed by atoms with E-state index in [0.717, 1.165) is 27.1 Å². The quantitative estimate of drug-likeness (QED) is 0.288. The van der Waals surface area contributed by atoms with Crippen LogP contribution in [0.25, 0.3) is 16.7 Å². The van der Waals surface area contributed by atoms with Crippen LogP contribution in [0.3, 0.4) is 0 Å². The molecule has 3 aromatic carbocycles. The van der Waals surface area contributed by atoms with Gasteiger partial charge in [-0.25, -0.2) is 0 Å². The second kappa shape index (κ2) is 7.85. The summed E-state index contributed by atoms with van der Waals surface area (Å²) in [5.74, 6) is 0. The summed E-state index contributed by atoms with van der Waals surface area (Å²) in [5.41, 5.74) is -0.560. The Labute approximate surface area is 192 Å². The number of hydrogen-bond donors (Lipinski definition) is 0. The van der Waals surface area contributed by atoms with Crippen LogP contribution in [0.2, 0.25) is 0 Å². The minimum Gasteiger partial charge on any atom is -0.166 e. The standard InChI is InChI=1S/C25H21F6N3/c1-14-10-19(23(3,4)16-8-6-5-7-9-16)22(11-15(14)2)34-32-20-12-17(24(26,27)28)18(25(29,30)31)13-21(20)33-34/h5-13H,1-4H3. The van der Waals surface area contributed by atoms with Gasteiger partial charge in [-0.1, -0.05) is 50.2 Å². The van der Waals surface area contributed by atoms with Gasteiger partial charge in [0.05, 0.1) is 16.8 Å². The van der Waals surface area contributed by atoms with Crippen molar-refractivity contribution in [3.05, 3.63) is 88.0 Å². The Morgan fingerprint density at radius 3 is 1.59 bits per heavy atom. The van der Waals surface area contributed by atoms with Crippen molar-refractivity contribution in [3.63, 3.8) is 0 Å². The number of halogens is 6. The summed E-state index contributed by atoms with van der Waals surface area (Å²) in [6.07, 6.45) is -10.4. The van der Waals surface area contributed by atoms with Gasteiger partial charge in [-0.3, -0.25) is 0 Å². The molecule has 0 fully saturated rings. The lowest BCUT2D eigenvalue weighted by atomic mass is 9.76. The van der Waals surface area contributed by atoms with Crippen molar-refractivity contribution in [2.75, 3.05) is 0 Å². The molecule has 4 aromatic rings. The molecule has 0 amide bonds. The lowest BCUT2D eigenvalue weighted by Crippen LogP contribution is -2.22. The maximum Gasteiger partial charge on any atom is 0.417 e. The lowest BCUT2D eigenvalue weighted by molar-refractivity contribution is -0.161. The highest BCUT2D eigenvalue weighted by atomic mass is 19.4. The third-order valence-electron chi connectivity index (χ3n) is 6.13. The highest BCUT2D eigenvalue weighted by Gasteiger charge is 2.43. The maximum absolute atomic E-state index is 13.4. The van der Waals surface area contributed by atoms with Crippen molar-refractivity contribution in [2.24, 2.45) is 0 Å². The minimum atomic E-state index is -5.19. The molecule has 34 heavy (non-hydrogen) atoms. The fraction of sp³-hybridized carbons (Fsp3) is 0.280. The van der Waals surface area contributed by atoms with Crippen LogP contribution >= 0.6 is 0 Å². The highest BCUT2D eigenvalue weighted by molar-refractivity contribution is 5.77. The molecule has 0 saturated heterocycles. The van der Waals surface area contributed by atoms with Gasteiger partial charge >= 0.3 is 12.4 Å². The third-order valence-corrected chi connectivity index (χ3v) is 6.13. The highest BCUT2D eigenvalue weighted by Crippen LogP contribution is 2.42. The van der Waals surface area contributed by atoms with Gasteiger partial charge < -0.3 is 0 Å². The molecule has 0 aliphatic carbocycles. The molecule has 0 N–H and O–H groups in total. The number of hydrogen-bond acceptors (Lipinski definition) is 2. The van der Waals surface area contributed by atoms with E-state index < -0.39 is 28.9 Å². The number of fused-ring (bicyclic) bond motifs is 1. The Hall–Kier alpha value is -3.36. The average Bonchev–Trinajstić information content (AvgIpc) is 3.17. The first kappa shape index (κ1) is 23.8. The first-order chi connectivity index (χ1) is 15.7. The van der Waals surface area contributed by atoms with E-state index in [2.05, 4.69) is 10.2 Å². The van der Waals surface area contributed by atoms with E-state index in [1.165, 1.54) is 0 Å². The summed E-state index contributed by atoms with van der Waals surface area (Å²) in [7, 11) is 0. The number of nitrogens with zero attached hydrogens (tertiary/aromatic N) is 3. The Kier molecular flexibility index (Phi) is 5.49. The van der Waals surface area contributed by atoms with Crippen molar-refractivity contribution in [1.29, 1.82) is 0 Å². The van der Waals surface area contributed by atoms with Gasteiger partial charge in [-0.05, 0) is 54.3 Å². The van der Waals surface area contributed by atoms with Gasteiger partial charge in [-0.2, -0.15) is 31.1 Å². The zero-order chi connectivity index (χ0) is 25.1. The molecule has 4 rings (SSSR count). The van der Waals surface area contributed by atoms with Gasteiger partial charge in [0.15, 0.2) is 0 Å². The second-order valence-electron chi connectivity index (χ2n) is 8.82. The van der Waals surface area contributed by atoms with E-state index in [1.807, 2.05) is 64.1 Å². The van der Waals surface area contributed by atoms with E-state index in [0.29, 0.717) is 17.8 Å². The fourth-order valence-corrected chi connectivity index (χ4v) is 4.02. The van der Waals surface area contributed by atoms with Crippen molar-refractivity contribution < 1.29 is 26.3 Å². The van der Waals surface area contributed by atoms with Crippen molar-refractivity contribution >= 4 is 11.0 Å². The number of benzene rings is 3. The molecule has 9 heteroatoms. The smallest absolute Gasteiger partial charge is 0.166 e. The largest absolute Gasteiger partial charge is 0.417 e. The molecule has 0 aliphatic rings. The van der Waals surface area contributed by atoms with E-state index in [4.69, 9.17) is 0 Å². The lowest BCUT2D eigenvalue weighted by Gasteiger charge is -2.29. The monoisotopic (exact) mass is 477 g/mol. The summed E-state index contributed by atoms with van der Waals surface area (Å²) < 4.78 is 80.3. The van der Waals surface area contributed by atoms with Gasteiger partial charge in [0.25, 0.3) is 0 Å². The molecule has 0 radical (unpaired) electrons. The Morgan fingerprint density at radius 2 is 1.12 bits per heavy atom. The number of aromatic nitrogens is 3. The average molecular weight is 477 g/mol. The zero-order valence-corrected chi connectivity index (χ0v) is 18.8. The number of rotatable bonds is 3. The van der Waals surface area contributed by atoms with Crippen molar-refractivity contribution in [2.45, 2.75) is 45.5 Å². The van der Waals surface area contributed by atoms with Crippen LogP contribution in [0.15, 0.2) is 54.6 Å². The predicted octanol–water partition coefficient (Wildman–Crippen LogP) is 7.40. The molecule has 0 spiro atoms. The molecule has 1 heterocycles. The second-order valence-corrected chi connectivity index (χ2v) is 8.82. The van der Waals surface area contributed by atoms with Gasteiger partial charge in [0.2, 0.25) is 0 Å². The topological polar surface area (TPSA) is 30.7 Å². The predicted molar refractivity (Wildman–Crippen MR) is 117 cm³/mol. The molecule has 0 bridgehead atoms. The summed E-state index contributed by atoms with van der Waals surface area (Å²) in [5, 5.41) is 8.31. The summed E-state index contributed by atoms with van der Waals surface area (Å²) >= 11 is 0. The summed E-state index contributed by atoms with van der Waals surface area (Å²) in [6, 6.07) is 14.2. The molecule has 178 valence electrons. The first-order valence-electron chi connectivity index (χ1n) is 10.4. The first-order valence-corrected chi connectivity index (χ1v) is 10.4. The normalized spacial score (nSPS) is 13.0. The molecule has 0 aliphatic heterocycles.